The molecule has 1 aliphatic carbocycles. The smallest absolute Gasteiger partial charge is 0.287 e. The highest BCUT2D eigenvalue weighted by Crippen LogP contribution is 2.17. The van der Waals surface area contributed by atoms with Crippen molar-refractivity contribution in [1.29, 1.82) is 0 Å². The highest BCUT2D eigenvalue weighted by atomic mass is 16.3. The van der Waals surface area contributed by atoms with Crippen molar-refractivity contribution in [3.63, 3.8) is 0 Å². The number of benzene rings is 1. The maximum atomic E-state index is 11.9. The molecular weight excluding hydrogens is 256 g/mol. The molecule has 0 unspecified atom stereocenters. The minimum absolute atomic E-state index is 0.0557. The van der Waals surface area contributed by atoms with E-state index in [1.807, 2.05) is 0 Å². The van der Waals surface area contributed by atoms with Gasteiger partial charge in [-0.3, -0.25) is 9.59 Å². The Kier molecular flexibility index (Phi) is 3.52. The fourth-order valence-corrected chi connectivity index (χ4v) is 2.04. The van der Waals surface area contributed by atoms with Crippen LogP contribution in [0.5, 0.6) is 0 Å². The lowest BCUT2D eigenvalue weighted by molar-refractivity contribution is 0.0926. The van der Waals surface area contributed by atoms with Gasteiger partial charge in [-0.15, -0.1) is 0 Å². The monoisotopic (exact) mass is 272 g/mol. The summed E-state index contributed by atoms with van der Waals surface area (Å²) in [6.07, 6.45) is 2.43. The van der Waals surface area contributed by atoms with Crippen LogP contribution < -0.4 is 16.1 Å². The third kappa shape index (κ3) is 2.88. The molecule has 104 valence electrons. The van der Waals surface area contributed by atoms with Crippen LogP contribution in [-0.2, 0) is 0 Å². The molecule has 1 fully saturated rings. The van der Waals surface area contributed by atoms with Crippen LogP contribution in [0.25, 0.3) is 11.0 Å². The summed E-state index contributed by atoms with van der Waals surface area (Å²) in [6.45, 7) is 1.25. The summed E-state index contributed by atoms with van der Waals surface area (Å²) in [6, 6.07) is 8.76. The van der Waals surface area contributed by atoms with Gasteiger partial charge >= 0.3 is 0 Å². The summed E-state index contributed by atoms with van der Waals surface area (Å²) < 4.78 is 5.46. The molecule has 1 aromatic heterocycles. The molecule has 3 rings (SSSR count). The van der Waals surface area contributed by atoms with Crippen LogP contribution in [0.1, 0.15) is 23.4 Å². The number of amides is 1. The van der Waals surface area contributed by atoms with E-state index in [0.29, 0.717) is 23.6 Å². The zero-order valence-corrected chi connectivity index (χ0v) is 11.0. The lowest BCUT2D eigenvalue weighted by Gasteiger charge is -2.06. The average Bonchev–Trinajstić information content (AvgIpc) is 3.27. The van der Waals surface area contributed by atoms with Gasteiger partial charge in [0.25, 0.3) is 5.91 Å². The Bertz CT molecular complexity index is 689. The molecule has 1 amide bonds. The maximum Gasteiger partial charge on any atom is 0.287 e. The summed E-state index contributed by atoms with van der Waals surface area (Å²) in [5.41, 5.74) is 0.231. The number of hydrogen-bond acceptors (Lipinski definition) is 4. The van der Waals surface area contributed by atoms with Crippen LogP contribution in [-0.4, -0.2) is 25.0 Å². The Labute approximate surface area is 116 Å². The molecule has 0 radical (unpaired) electrons. The molecule has 5 heteroatoms. The standard InChI is InChI=1S/C15H16N2O3/c18-12-9-14(20-13-4-2-1-3-11(12)13)15(19)17-8-7-16-10-5-6-10/h1-4,9-10,16H,5-8H2,(H,17,19). The molecule has 2 N–H and O–H groups in total. The van der Waals surface area contributed by atoms with E-state index in [2.05, 4.69) is 10.6 Å². The molecule has 1 saturated carbocycles. The molecule has 20 heavy (non-hydrogen) atoms. The van der Waals surface area contributed by atoms with Crippen molar-refractivity contribution in [3.05, 3.63) is 46.3 Å². The Hall–Kier alpha value is -2.14. The minimum Gasteiger partial charge on any atom is -0.451 e. The topological polar surface area (TPSA) is 71.3 Å². The highest BCUT2D eigenvalue weighted by Gasteiger charge is 2.19. The van der Waals surface area contributed by atoms with E-state index in [-0.39, 0.29) is 17.1 Å². The van der Waals surface area contributed by atoms with Crippen molar-refractivity contribution in [2.24, 2.45) is 0 Å². The highest BCUT2D eigenvalue weighted by molar-refractivity contribution is 5.93. The first-order valence-electron chi connectivity index (χ1n) is 6.78. The molecule has 5 nitrogen and oxygen atoms in total. The summed E-state index contributed by atoms with van der Waals surface area (Å²) in [4.78, 5) is 23.8. The molecule has 0 spiro atoms. The summed E-state index contributed by atoms with van der Waals surface area (Å²) in [5.74, 6) is -0.300. The number of rotatable bonds is 5. The number of carbonyl (C=O) groups is 1. The minimum atomic E-state index is -0.356. The van der Waals surface area contributed by atoms with Gasteiger partial charge in [0.15, 0.2) is 11.2 Å². The van der Waals surface area contributed by atoms with Crippen LogP contribution in [0.15, 0.2) is 39.5 Å². The number of para-hydroxylation sites is 1. The number of nitrogens with one attached hydrogen (secondary N) is 2. The van der Waals surface area contributed by atoms with Crippen LogP contribution in [0, 0.1) is 0 Å². The van der Waals surface area contributed by atoms with Crippen molar-refractivity contribution >= 4 is 16.9 Å². The first-order valence-corrected chi connectivity index (χ1v) is 6.78. The molecule has 0 saturated heterocycles. The summed E-state index contributed by atoms with van der Waals surface area (Å²) >= 11 is 0. The SMILES string of the molecule is O=C(NCCNC1CC1)c1cc(=O)c2ccccc2o1. The first-order chi connectivity index (χ1) is 9.74. The molecule has 2 aromatic rings. The zero-order valence-electron chi connectivity index (χ0n) is 11.0. The number of fused-ring (bicyclic) bond motifs is 1. The first kappa shape index (κ1) is 12.9. The van der Waals surface area contributed by atoms with Gasteiger partial charge in [0.1, 0.15) is 5.58 Å². The second-order valence-corrected chi connectivity index (χ2v) is 4.96. The van der Waals surface area contributed by atoms with E-state index >= 15 is 0 Å². The Morgan fingerprint density at radius 3 is 2.85 bits per heavy atom. The molecule has 0 atom stereocenters. The van der Waals surface area contributed by atoms with Crippen LogP contribution >= 0.6 is 0 Å². The second kappa shape index (κ2) is 5.46. The van der Waals surface area contributed by atoms with Gasteiger partial charge in [0, 0.05) is 25.2 Å². The number of hydrogen-bond donors (Lipinski definition) is 2. The van der Waals surface area contributed by atoms with E-state index in [1.54, 1.807) is 24.3 Å². The molecule has 0 aliphatic heterocycles. The zero-order chi connectivity index (χ0) is 13.9. The Balaban J connectivity index is 1.68. The predicted octanol–water partition coefficient (Wildman–Crippen LogP) is 1.27. The van der Waals surface area contributed by atoms with Crippen molar-refractivity contribution in [1.82, 2.24) is 10.6 Å². The normalized spacial score (nSPS) is 14.4. The fraction of sp³-hybridized carbons (Fsp3) is 0.333. The van der Waals surface area contributed by atoms with E-state index in [9.17, 15) is 9.59 Å². The van der Waals surface area contributed by atoms with Gasteiger partial charge in [-0.1, -0.05) is 12.1 Å². The maximum absolute atomic E-state index is 11.9. The van der Waals surface area contributed by atoms with Gasteiger partial charge in [0.2, 0.25) is 0 Å². The third-order valence-corrected chi connectivity index (χ3v) is 3.28. The lowest BCUT2D eigenvalue weighted by Crippen LogP contribution is -2.33. The van der Waals surface area contributed by atoms with E-state index < -0.39 is 0 Å². The van der Waals surface area contributed by atoms with Crippen molar-refractivity contribution in [3.8, 4) is 0 Å². The molecule has 1 aliphatic rings. The van der Waals surface area contributed by atoms with Crippen molar-refractivity contribution in [2.75, 3.05) is 13.1 Å². The van der Waals surface area contributed by atoms with Gasteiger partial charge in [0.05, 0.1) is 5.39 Å². The largest absolute Gasteiger partial charge is 0.451 e. The Morgan fingerprint density at radius 2 is 2.05 bits per heavy atom. The van der Waals surface area contributed by atoms with Gasteiger partial charge in [-0.2, -0.15) is 0 Å². The summed E-state index contributed by atoms with van der Waals surface area (Å²) in [7, 11) is 0. The lowest BCUT2D eigenvalue weighted by atomic mass is 10.2. The van der Waals surface area contributed by atoms with E-state index in [4.69, 9.17) is 4.42 Å². The van der Waals surface area contributed by atoms with Crippen LogP contribution in [0.3, 0.4) is 0 Å². The molecule has 1 heterocycles. The third-order valence-electron chi connectivity index (χ3n) is 3.28. The van der Waals surface area contributed by atoms with Crippen molar-refractivity contribution in [2.45, 2.75) is 18.9 Å². The van der Waals surface area contributed by atoms with Gasteiger partial charge < -0.3 is 15.1 Å². The second-order valence-electron chi connectivity index (χ2n) is 4.96. The van der Waals surface area contributed by atoms with Crippen LogP contribution in [0.4, 0.5) is 0 Å². The Morgan fingerprint density at radius 1 is 1.25 bits per heavy atom. The number of carbonyl (C=O) groups excluding carboxylic acids is 1. The quantitative estimate of drug-likeness (QED) is 0.804. The molecule has 1 aromatic carbocycles. The van der Waals surface area contributed by atoms with Crippen molar-refractivity contribution < 1.29 is 9.21 Å². The van der Waals surface area contributed by atoms with Gasteiger partial charge in [-0.05, 0) is 25.0 Å². The van der Waals surface area contributed by atoms with E-state index in [0.717, 1.165) is 6.54 Å². The molecule has 0 bridgehead atoms. The average molecular weight is 272 g/mol. The van der Waals surface area contributed by atoms with Crippen LogP contribution in [0.2, 0.25) is 0 Å². The summed E-state index contributed by atoms with van der Waals surface area (Å²) in [5, 5.41) is 6.52. The predicted molar refractivity (Wildman–Crippen MR) is 75.8 cm³/mol. The van der Waals surface area contributed by atoms with E-state index in [1.165, 1.54) is 18.9 Å². The van der Waals surface area contributed by atoms with Gasteiger partial charge in [-0.25, -0.2) is 0 Å². The fourth-order valence-electron chi connectivity index (χ4n) is 2.04. The molecular formula is C15H16N2O3.